The van der Waals surface area contributed by atoms with Gasteiger partial charge in [-0.1, -0.05) is 11.6 Å². The summed E-state index contributed by atoms with van der Waals surface area (Å²) in [6.45, 7) is 1.77. The number of ketones is 1. The van der Waals surface area contributed by atoms with E-state index in [0.717, 1.165) is 37.2 Å². The van der Waals surface area contributed by atoms with Gasteiger partial charge in [-0.15, -0.1) is 0 Å². The first-order valence-electron chi connectivity index (χ1n) is 7.38. The molecule has 1 aliphatic heterocycles. The summed E-state index contributed by atoms with van der Waals surface area (Å²) in [5.74, 6) is 0.318. The summed E-state index contributed by atoms with van der Waals surface area (Å²) in [7, 11) is 0. The molecule has 1 fully saturated rings. The molecule has 1 saturated heterocycles. The molecule has 3 rings (SSSR count). The Morgan fingerprint density at radius 2 is 2.23 bits per heavy atom. The van der Waals surface area contributed by atoms with E-state index < -0.39 is 0 Å². The summed E-state index contributed by atoms with van der Waals surface area (Å²) in [6.07, 6.45) is 8.79. The standard InChI is InChI=1S/C16H17ClN4O/c17-14-9-21-12(6-13(14)15-10-19-4-5-20-15)7-16(22)11-2-1-3-18-8-11/h4-6,9-11,18H,1-3,7-8H2/t11-/m1/s1. The molecule has 1 N–H and O–H groups in total. The average molecular weight is 317 g/mol. The number of carbonyl (C=O) groups is 1. The first kappa shape index (κ1) is 15.1. The maximum Gasteiger partial charge on any atom is 0.143 e. The van der Waals surface area contributed by atoms with Crippen molar-refractivity contribution in [1.82, 2.24) is 20.3 Å². The quantitative estimate of drug-likeness (QED) is 0.937. The predicted octanol–water partition coefficient (Wildman–Crippen LogP) is 2.30. The van der Waals surface area contributed by atoms with E-state index in [4.69, 9.17) is 11.6 Å². The van der Waals surface area contributed by atoms with Crippen molar-refractivity contribution >= 4 is 17.4 Å². The normalized spacial score (nSPS) is 18.1. The van der Waals surface area contributed by atoms with Gasteiger partial charge in [0.1, 0.15) is 5.78 Å². The lowest BCUT2D eigenvalue weighted by Gasteiger charge is -2.21. The highest BCUT2D eigenvalue weighted by molar-refractivity contribution is 6.33. The van der Waals surface area contributed by atoms with E-state index in [1.807, 2.05) is 6.07 Å². The molecule has 0 aliphatic carbocycles. The Morgan fingerprint density at radius 1 is 1.32 bits per heavy atom. The van der Waals surface area contributed by atoms with Crippen molar-refractivity contribution in [2.24, 2.45) is 5.92 Å². The first-order chi connectivity index (χ1) is 10.7. The summed E-state index contributed by atoms with van der Waals surface area (Å²) in [6, 6.07) is 1.83. The van der Waals surface area contributed by atoms with Crippen molar-refractivity contribution in [1.29, 1.82) is 0 Å². The van der Waals surface area contributed by atoms with Crippen LogP contribution in [0.5, 0.6) is 0 Å². The molecule has 2 aromatic rings. The molecule has 0 unspecified atom stereocenters. The summed E-state index contributed by atoms with van der Waals surface area (Å²) < 4.78 is 0. The van der Waals surface area contributed by atoms with E-state index in [0.29, 0.717) is 17.1 Å². The second-order valence-corrected chi connectivity index (χ2v) is 5.84. The van der Waals surface area contributed by atoms with Crippen molar-refractivity contribution in [2.45, 2.75) is 19.3 Å². The molecule has 0 bridgehead atoms. The zero-order chi connectivity index (χ0) is 15.4. The highest BCUT2D eigenvalue weighted by Crippen LogP contribution is 2.26. The number of carbonyl (C=O) groups excluding carboxylic acids is 1. The van der Waals surface area contributed by atoms with Crippen molar-refractivity contribution in [2.75, 3.05) is 13.1 Å². The van der Waals surface area contributed by atoms with Crippen molar-refractivity contribution in [3.63, 3.8) is 0 Å². The van der Waals surface area contributed by atoms with E-state index >= 15 is 0 Å². The van der Waals surface area contributed by atoms with Gasteiger partial charge in [0.15, 0.2) is 0 Å². The highest BCUT2D eigenvalue weighted by atomic mass is 35.5. The number of nitrogens with zero attached hydrogens (tertiary/aromatic N) is 3. The van der Waals surface area contributed by atoms with Gasteiger partial charge in [0.05, 0.1) is 16.9 Å². The lowest BCUT2D eigenvalue weighted by Crippen LogP contribution is -2.35. The maximum atomic E-state index is 12.4. The monoisotopic (exact) mass is 316 g/mol. The number of halogens is 1. The Labute approximate surface area is 134 Å². The van der Waals surface area contributed by atoms with Crippen LogP contribution in [0.1, 0.15) is 18.5 Å². The first-order valence-corrected chi connectivity index (χ1v) is 7.76. The number of pyridine rings is 1. The number of hydrogen-bond donors (Lipinski definition) is 1. The molecular formula is C16H17ClN4O. The maximum absolute atomic E-state index is 12.4. The van der Waals surface area contributed by atoms with Crippen molar-refractivity contribution in [3.05, 3.63) is 41.6 Å². The molecule has 0 aromatic carbocycles. The summed E-state index contributed by atoms with van der Waals surface area (Å²) >= 11 is 6.19. The Balaban J connectivity index is 1.79. The number of nitrogens with one attached hydrogen (secondary N) is 1. The predicted molar refractivity (Wildman–Crippen MR) is 84.6 cm³/mol. The third-order valence-corrected chi connectivity index (χ3v) is 4.16. The zero-order valence-electron chi connectivity index (χ0n) is 12.1. The lowest BCUT2D eigenvalue weighted by molar-refractivity contribution is -0.122. The van der Waals surface area contributed by atoms with Crippen molar-refractivity contribution in [3.8, 4) is 11.3 Å². The van der Waals surface area contributed by atoms with Gasteiger partial charge in [0.25, 0.3) is 0 Å². The van der Waals surface area contributed by atoms with E-state index in [-0.39, 0.29) is 11.7 Å². The Morgan fingerprint density at radius 3 is 2.95 bits per heavy atom. The Hall–Kier alpha value is -1.85. The molecule has 1 atom stereocenters. The molecule has 22 heavy (non-hydrogen) atoms. The fourth-order valence-electron chi connectivity index (χ4n) is 2.66. The van der Waals surface area contributed by atoms with E-state index in [9.17, 15) is 4.79 Å². The largest absolute Gasteiger partial charge is 0.316 e. The number of Topliss-reactive ketones (excluding diaryl/α,β-unsaturated/α-hetero) is 1. The molecule has 0 saturated carbocycles. The molecule has 2 aromatic heterocycles. The van der Waals surface area contributed by atoms with Crippen LogP contribution in [0.2, 0.25) is 5.02 Å². The third-order valence-electron chi connectivity index (χ3n) is 3.86. The molecule has 0 amide bonds. The van der Waals surface area contributed by atoms with Crippen LogP contribution in [0.25, 0.3) is 11.3 Å². The van der Waals surface area contributed by atoms with E-state index in [1.165, 1.54) is 0 Å². The lowest BCUT2D eigenvalue weighted by atomic mass is 9.92. The van der Waals surface area contributed by atoms with Crippen LogP contribution in [0.3, 0.4) is 0 Å². The van der Waals surface area contributed by atoms with Gasteiger partial charge in [0.2, 0.25) is 0 Å². The van der Waals surface area contributed by atoms with Crippen LogP contribution >= 0.6 is 11.6 Å². The molecule has 6 heteroatoms. The molecule has 114 valence electrons. The topological polar surface area (TPSA) is 67.8 Å². The number of aromatic nitrogens is 3. The third kappa shape index (κ3) is 3.48. The van der Waals surface area contributed by atoms with Gasteiger partial charge < -0.3 is 5.32 Å². The molecule has 5 nitrogen and oxygen atoms in total. The van der Waals surface area contributed by atoms with Gasteiger partial charge in [-0.25, -0.2) is 0 Å². The van der Waals surface area contributed by atoms with Crippen LogP contribution in [-0.2, 0) is 11.2 Å². The second-order valence-electron chi connectivity index (χ2n) is 5.43. The molecule has 3 heterocycles. The second kappa shape index (κ2) is 6.94. The fourth-order valence-corrected chi connectivity index (χ4v) is 2.86. The number of piperidine rings is 1. The Bertz CT molecular complexity index is 656. The van der Waals surface area contributed by atoms with E-state index in [1.54, 1.807) is 24.8 Å². The summed E-state index contributed by atoms with van der Waals surface area (Å²) in [5, 5.41) is 3.78. The zero-order valence-corrected chi connectivity index (χ0v) is 12.9. The SMILES string of the molecule is O=C(Cc1cc(-c2cnccn2)c(Cl)cn1)[C@@H]1CCCNC1. The van der Waals surface area contributed by atoms with Crippen LogP contribution < -0.4 is 5.32 Å². The van der Waals surface area contributed by atoms with Crippen LogP contribution in [0, 0.1) is 5.92 Å². The molecule has 0 radical (unpaired) electrons. The smallest absolute Gasteiger partial charge is 0.143 e. The van der Waals surface area contributed by atoms with Crippen molar-refractivity contribution < 1.29 is 4.79 Å². The summed E-state index contributed by atoms with van der Waals surface area (Å²) in [4.78, 5) is 24.9. The van der Waals surface area contributed by atoms with E-state index in [2.05, 4.69) is 20.3 Å². The Kier molecular flexibility index (Phi) is 4.75. The number of hydrogen-bond acceptors (Lipinski definition) is 5. The molecular weight excluding hydrogens is 300 g/mol. The minimum Gasteiger partial charge on any atom is -0.316 e. The van der Waals surface area contributed by atoms with Gasteiger partial charge in [0, 0.05) is 48.7 Å². The minimum absolute atomic E-state index is 0.0891. The van der Waals surface area contributed by atoms with Gasteiger partial charge in [-0.3, -0.25) is 19.7 Å². The fraction of sp³-hybridized carbons (Fsp3) is 0.375. The van der Waals surface area contributed by atoms with Gasteiger partial charge >= 0.3 is 0 Å². The number of rotatable bonds is 4. The van der Waals surface area contributed by atoms with Crippen LogP contribution in [-0.4, -0.2) is 33.8 Å². The average Bonchev–Trinajstić information content (AvgIpc) is 2.58. The van der Waals surface area contributed by atoms with Crippen LogP contribution in [0.4, 0.5) is 0 Å². The highest BCUT2D eigenvalue weighted by Gasteiger charge is 2.21. The molecule has 0 spiro atoms. The molecule has 1 aliphatic rings. The minimum atomic E-state index is 0.0891. The summed E-state index contributed by atoms with van der Waals surface area (Å²) in [5.41, 5.74) is 2.16. The van der Waals surface area contributed by atoms with Crippen LogP contribution in [0.15, 0.2) is 30.9 Å². The van der Waals surface area contributed by atoms with Gasteiger partial charge in [-0.2, -0.15) is 0 Å². The van der Waals surface area contributed by atoms with Gasteiger partial charge in [-0.05, 0) is 25.5 Å².